The second-order valence-electron chi connectivity index (χ2n) is 6.68. The van der Waals surface area contributed by atoms with Crippen molar-refractivity contribution in [3.63, 3.8) is 0 Å². The van der Waals surface area contributed by atoms with Gasteiger partial charge in [0.25, 0.3) is 0 Å². The largest absolute Gasteiger partial charge is 0.304 e. The first-order chi connectivity index (χ1) is 8.81. The van der Waals surface area contributed by atoms with E-state index < -0.39 is 0 Å². The molecular weight excluding hydrogens is 248 g/mol. The number of nitrogens with zero attached hydrogens (tertiary/aromatic N) is 4. The summed E-state index contributed by atoms with van der Waals surface area (Å²) in [4.78, 5) is 9.62. The third-order valence-corrected chi connectivity index (χ3v) is 4.71. The number of hydrogen-bond acceptors (Lipinski definition) is 4. The molecule has 0 aromatic rings. The summed E-state index contributed by atoms with van der Waals surface area (Å²) in [6.45, 7) is 12.9. The summed E-state index contributed by atoms with van der Waals surface area (Å²) < 4.78 is 0. The predicted molar refractivity (Wildman–Crippen MR) is 90.5 cm³/mol. The van der Waals surface area contributed by atoms with Gasteiger partial charge in [-0.25, -0.2) is 0 Å². The van der Waals surface area contributed by atoms with Gasteiger partial charge in [0.15, 0.2) is 0 Å². The van der Waals surface area contributed by atoms with E-state index in [0.717, 1.165) is 6.04 Å². The van der Waals surface area contributed by atoms with Crippen molar-refractivity contribution >= 4 is 0 Å². The summed E-state index contributed by atoms with van der Waals surface area (Å²) in [5.41, 5.74) is 0. The van der Waals surface area contributed by atoms with E-state index in [1.165, 1.54) is 32.7 Å². The molecule has 2 saturated heterocycles. The third kappa shape index (κ3) is 6.08. The highest BCUT2D eigenvalue weighted by Gasteiger charge is 2.23. The van der Waals surface area contributed by atoms with Gasteiger partial charge in [-0.15, -0.1) is 0 Å². The van der Waals surface area contributed by atoms with Gasteiger partial charge in [-0.1, -0.05) is 7.43 Å². The van der Waals surface area contributed by atoms with Gasteiger partial charge in [0.1, 0.15) is 0 Å². The zero-order chi connectivity index (χ0) is 14.6. The second kappa shape index (κ2) is 8.98. The van der Waals surface area contributed by atoms with E-state index in [1.807, 2.05) is 0 Å². The Kier molecular flexibility index (Phi) is 8.91. The number of likely N-dealkylation sites (N-methyl/N-ethyl adjacent to an activating group) is 4. The molecule has 20 heavy (non-hydrogen) atoms. The van der Waals surface area contributed by atoms with E-state index >= 15 is 0 Å². The van der Waals surface area contributed by atoms with Crippen LogP contribution in [0.2, 0.25) is 0 Å². The Bertz CT molecular complexity index is 247. The van der Waals surface area contributed by atoms with Gasteiger partial charge in [-0.3, -0.25) is 4.90 Å². The van der Waals surface area contributed by atoms with Gasteiger partial charge in [-0.2, -0.15) is 0 Å². The van der Waals surface area contributed by atoms with E-state index in [2.05, 4.69) is 68.6 Å². The molecule has 2 rings (SSSR count). The minimum atomic E-state index is 0. The monoisotopic (exact) mass is 286 g/mol. The summed E-state index contributed by atoms with van der Waals surface area (Å²) in [5.74, 6) is 0. The first-order valence-electron chi connectivity index (χ1n) is 7.60. The Balaban J connectivity index is 0.000000345. The summed E-state index contributed by atoms with van der Waals surface area (Å²) in [7, 11) is 8.78. The Morgan fingerprint density at radius 3 is 1.50 bits per heavy atom. The SMILES string of the molecule is C.CC1CN(C)CC(C)N1C.CC1CN(C)CCN1C. The van der Waals surface area contributed by atoms with Crippen LogP contribution in [0.25, 0.3) is 0 Å². The highest BCUT2D eigenvalue weighted by Crippen LogP contribution is 2.10. The molecule has 122 valence electrons. The quantitative estimate of drug-likeness (QED) is 0.669. The molecule has 3 unspecified atom stereocenters. The lowest BCUT2D eigenvalue weighted by molar-refractivity contribution is 0.0761. The molecule has 2 heterocycles. The topological polar surface area (TPSA) is 13.0 Å². The lowest BCUT2D eigenvalue weighted by atomic mass is 10.1. The minimum absolute atomic E-state index is 0. The van der Waals surface area contributed by atoms with Crippen molar-refractivity contribution < 1.29 is 0 Å². The molecule has 0 N–H and O–H groups in total. The molecule has 0 saturated carbocycles. The van der Waals surface area contributed by atoms with Gasteiger partial charge in [-0.05, 0) is 49.0 Å². The zero-order valence-electron chi connectivity index (χ0n) is 14.1. The molecule has 0 radical (unpaired) electrons. The second-order valence-corrected chi connectivity index (χ2v) is 6.68. The standard InChI is InChI=1S/C8H18N2.C7H16N2.CH4/c1-7-5-9(3)6-8(2)10(7)4;1-7-6-8(2)4-5-9(7)3;/h7-8H,5-6H2,1-4H3;7H,4-6H2,1-3H3;1H4. The van der Waals surface area contributed by atoms with Crippen molar-refractivity contribution in [1.29, 1.82) is 0 Å². The van der Waals surface area contributed by atoms with Crippen LogP contribution in [0.5, 0.6) is 0 Å². The fourth-order valence-corrected chi connectivity index (χ4v) is 2.90. The van der Waals surface area contributed by atoms with Gasteiger partial charge in [0, 0.05) is 50.8 Å². The van der Waals surface area contributed by atoms with Crippen molar-refractivity contribution in [3.05, 3.63) is 0 Å². The van der Waals surface area contributed by atoms with E-state index in [-0.39, 0.29) is 7.43 Å². The number of rotatable bonds is 0. The summed E-state index contributed by atoms with van der Waals surface area (Å²) in [6.07, 6.45) is 0. The fraction of sp³-hybridized carbons (Fsp3) is 1.00. The molecule has 3 atom stereocenters. The first-order valence-corrected chi connectivity index (χ1v) is 7.60. The van der Waals surface area contributed by atoms with E-state index in [4.69, 9.17) is 0 Å². The molecule has 4 heteroatoms. The Morgan fingerprint density at radius 2 is 1.10 bits per heavy atom. The van der Waals surface area contributed by atoms with Crippen LogP contribution >= 0.6 is 0 Å². The Morgan fingerprint density at radius 1 is 0.650 bits per heavy atom. The maximum Gasteiger partial charge on any atom is 0.0195 e. The van der Waals surface area contributed by atoms with Gasteiger partial charge < -0.3 is 14.7 Å². The molecule has 0 amide bonds. The molecule has 0 spiro atoms. The van der Waals surface area contributed by atoms with Crippen LogP contribution < -0.4 is 0 Å². The predicted octanol–water partition coefficient (Wildman–Crippen LogP) is 1.53. The van der Waals surface area contributed by atoms with E-state index in [1.54, 1.807) is 0 Å². The normalized spacial score (nSPS) is 34.0. The molecule has 2 aliphatic rings. The summed E-state index contributed by atoms with van der Waals surface area (Å²) in [5, 5.41) is 0. The highest BCUT2D eigenvalue weighted by atomic mass is 15.3. The molecule has 0 bridgehead atoms. The Labute approximate surface area is 127 Å². The number of hydrogen-bond donors (Lipinski definition) is 0. The molecule has 0 aromatic carbocycles. The van der Waals surface area contributed by atoms with Gasteiger partial charge in [0.2, 0.25) is 0 Å². The van der Waals surface area contributed by atoms with Crippen LogP contribution in [-0.4, -0.2) is 98.6 Å². The summed E-state index contributed by atoms with van der Waals surface area (Å²) in [6, 6.07) is 2.17. The fourth-order valence-electron chi connectivity index (χ4n) is 2.90. The van der Waals surface area contributed by atoms with E-state index in [9.17, 15) is 0 Å². The van der Waals surface area contributed by atoms with Crippen LogP contribution in [0.1, 0.15) is 28.2 Å². The van der Waals surface area contributed by atoms with Gasteiger partial charge in [0.05, 0.1) is 0 Å². The molecule has 2 fully saturated rings. The minimum Gasteiger partial charge on any atom is -0.304 e. The first kappa shape index (κ1) is 19.8. The van der Waals surface area contributed by atoms with E-state index in [0.29, 0.717) is 12.1 Å². The van der Waals surface area contributed by atoms with Crippen LogP contribution in [0, 0.1) is 0 Å². The maximum absolute atomic E-state index is 2.44. The lowest BCUT2D eigenvalue weighted by Gasteiger charge is -2.40. The van der Waals surface area contributed by atoms with Crippen molar-refractivity contribution in [2.24, 2.45) is 0 Å². The molecule has 4 nitrogen and oxygen atoms in total. The average Bonchev–Trinajstić information content (AvgIpc) is 2.32. The molecule has 0 aliphatic carbocycles. The Hall–Kier alpha value is -0.160. The zero-order valence-corrected chi connectivity index (χ0v) is 14.1. The number of piperazine rings is 2. The van der Waals surface area contributed by atoms with Crippen LogP contribution in [0.15, 0.2) is 0 Å². The van der Waals surface area contributed by atoms with Crippen molar-refractivity contribution in [1.82, 2.24) is 19.6 Å². The van der Waals surface area contributed by atoms with Crippen LogP contribution in [-0.2, 0) is 0 Å². The van der Waals surface area contributed by atoms with Crippen LogP contribution in [0.3, 0.4) is 0 Å². The molecule has 2 aliphatic heterocycles. The summed E-state index contributed by atoms with van der Waals surface area (Å²) >= 11 is 0. The average molecular weight is 287 g/mol. The van der Waals surface area contributed by atoms with Crippen LogP contribution in [0.4, 0.5) is 0 Å². The van der Waals surface area contributed by atoms with Crippen molar-refractivity contribution in [3.8, 4) is 0 Å². The van der Waals surface area contributed by atoms with Gasteiger partial charge >= 0.3 is 0 Å². The smallest absolute Gasteiger partial charge is 0.0195 e. The molecular formula is C16H38N4. The highest BCUT2D eigenvalue weighted by molar-refractivity contribution is 4.80. The molecule has 0 aromatic heterocycles. The lowest BCUT2D eigenvalue weighted by Crippen LogP contribution is -2.53. The maximum atomic E-state index is 2.44. The third-order valence-electron chi connectivity index (χ3n) is 4.71. The van der Waals surface area contributed by atoms with Crippen molar-refractivity contribution in [2.75, 3.05) is 60.9 Å². The van der Waals surface area contributed by atoms with Crippen molar-refractivity contribution in [2.45, 2.75) is 46.3 Å².